The maximum absolute atomic E-state index is 14.2. The van der Waals surface area contributed by atoms with Crippen molar-refractivity contribution in [1.82, 2.24) is 14.0 Å². The highest BCUT2D eigenvalue weighted by Crippen LogP contribution is 2.48. The molecule has 57 heavy (non-hydrogen) atoms. The summed E-state index contributed by atoms with van der Waals surface area (Å²) in [4.78, 5) is 80.4. The number of hydrogen-bond acceptors (Lipinski definition) is 14. The molecule has 22 heteroatoms. The summed E-state index contributed by atoms with van der Waals surface area (Å²) in [6.45, 7) is -0.483. The van der Waals surface area contributed by atoms with Crippen molar-refractivity contribution in [3.05, 3.63) is 109 Å². The summed E-state index contributed by atoms with van der Waals surface area (Å²) in [5.74, 6) is -5.59. The number of carbonyl (C=O) groups excluding carboxylic acids is 1. The number of thiazole rings is 2. The number of aromatic nitrogens is 2. The molecule has 4 heterocycles. The van der Waals surface area contributed by atoms with Gasteiger partial charge < -0.3 is 20.2 Å². The SMILES string of the molecule is Cc1ccc2c(c1)SC(=C(C=c1s/c(=c3/s/c(=C4/SC(=S)N(CC(=O)O)C4=O)n(CC(=O)O)c3=O)n(CC(=O)O)c1=O)Cc1ccccc1)N2CCCS(=O)(=O)O. The normalized spacial score (nSPS) is 17.1. The lowest BCUT2D eigenvalue weighted by molar-refractivity contribution is -0.140. The van der Waals surface area contributed by atoms with E-state index in [1.54, 1.807) is 6.08 Å². The summed E-state index contributed by atoms with van der Waals surface area (Å²) in [6, 6.07) is 15.0. The van der Waals surface area contributed by atoms with E-state index in [0.29, 0.717) is 33.7 Å². The number of amides is 1. The van der Waals surface area contributed by atoms with E-state index in [1.807, 2.05) is 60.4 Å². The lowest BCUT2D eigenvalue weighted by Crippen LogP contribution is -2.35. The molecule has 4 N–H and O–H groups in total. The highest BCUT2D eigenvalue weighted by molar-refractivity contribution is 8.30. The van der Waals surface area contributed by atoms with E-state index < -0.39 is 70.4 Å². The number of thiocarbonyl (C=S) groups is 1. The predicted octanol–water partition coefficient (Wildman–Crippen LogP) is 2.08. The fraction of sp³-hybridized carbons (Fsp3) is 0.229. The number of aliphatic carboxylic acids is 3. The van der Waals surface area contributed by atoms with Crippen LogP contribution in [0.5, 0.6) is 0 Å². The van der Waals surface area contributed by atoms with Gasteiger partial charge in [-0.3, -0.25) is 47.4 Å². The van der Waals surface area contributed by atoms with Crippen molar-refractivity contribution in [2.45, 2.75) is 37.8 Å². The molecule has 2 aromatic heterocycles. The second-order valence-electron chi connectivity index (χ2n) is 12.6. The third-order valence-electron chi connectivity index (χ3n) is 8.37. The molecule has 0 atom stereocenters. The van der Waals surface area contributed by atoms with Crippen LogP contribution in [0.25, 0.3) is 11.0 Å². The number of benzene rings is 2. The summed E-state index contributed by atoms with van der Waals surface area (Å²) in [5.41, 5.74) is 1.46. The largest absolute Gasteiger partial charge is 0.480 e. The minimum atomic E-state index is -4.27. The van der Waals surface area contributed by atoms with Crippen LogP contribution in [-0.2, 0) is 48.8 Å². The van der Waals surface area contributed by atoms with Gasteiger partial charge in [0.2, 0.25) is 0 Å². The van der Waals surface area contributed by atoms with Crippen LogP contribution < -0.4 is 25.2 Å². The monoisotopic (exact) mass is 890 g/mol. The molecule has 2 aliphatic rings. The molecule has 1 saturated heterocycles. The summed E-state index contributed by atoms with van der Waals surface area (Å²) >= 11 is 8.70. The summed E-state index contributed by atoms with van der Waals surface area (Å²) in [6.07, 6.45) is 1.90. The van der Waals surface area contributed by atoms with Gasteiger partial charge in [0.05, 0.1) is 21.0 Å². The van der Waals surface area contributed by atoms with Gasteiger partial charge in [-0.15, -0.1) is 22.7 Å². The van der Waals surface area contributed by atoms with Crippen molar-refractivity contribution in [1.29, 1.82) is 0 Å². The average molecular weight is 891 g/mol. The molecule has 1 fully saturated rings. The molecular weight excluding hydrogens is 861 g/mol. The van der Waals surface area contributed by atoms with E-state index in [2.05, 4.69) is 0 Å². The van der Waals surface area contributed by atoms with Gasteiger partial charge in [-0.25, -0.2) is 0 Å². The van der Waals surface area contributed by atoms with Crippen LogP contribution in [0.1, 0.15) is 17.5 Å². The maximum Gasteiger partial charge on any atom is 0.323 e. The van der Waals surface area contributed by atoms with E-state index in [4.69, 9.17) is 12.2 Å². The molecule has 6 rings (SSSR count). The first-order valence-electron chi connectivity index (χ1n) is 16.6. The molecule has 0 unspecified atom stereocenters. The summed E-state index contributed by atoms with van der Waals surface area (Å²) in [7, 11) is -4.27. The van der Waals surface area contributed by atoms with Gasteiger partial charge in [0.15, 0.2) is 0 Å². The lowest BCUT2D eigenvalue weighted by atomic mass is 10.1. The van der Waals surface area contributed by atoms with Crippen molar-refractivity contribution in [2.24, 2.45) is 0 Å². The van der Waals surface area contributed by atoms with E-state index in [1.165, 1.54) is 11.8 Å². The van der Waals surface area contributed by atoms with Crippen molar-refractivity contribution in [3.8, 4) is 0 Å². The first-order valence-corrected chi connectivity index (χ1v) is 21.9. The number of hydrogen-bond donors (Lipinski definition) is 4. The molecule has 2 aliphatic heterocycles. The highest BCUT2D eigenvalue weighted by Gasteiger charge is 2.36. The molecule has 16 nitrogen and oxygen atoms in total. The molecule has 1 amide bonds. The molecule has 4 aromatic rings. The second-order valence-corrected chi connectivity index (χ2v) is 18.8. The molecular formula is C35H30N4O12S6. The van der Waals surface area contributed by atoms with Crippen molar-refractivity contribution in [2.75, 3.05) is 23.7 Å². The number of anilines is 1. The Morgan fingerprint density at radius 1 is 0.825 bits per heavy atom. The second kappa shape index (κ2) is 16.9. The number of nitrogens with zero attached hydrogens (tertiary/aromatic N) is 4. The number of carboxylic acid groups (broad SMARTS) is 3. The molecule has 0 saturated carbocycles. The average Bonchev–Trinajstić information content (AvgIpc) is 3.82. The van der Waals surface area contributed by atoms with Gasteiger partial charge in [-0.2, -0.15) is 8.42 Å². The van der Waals surface area contributed by atoms with Crippen molar-refractivity contribution in [3.63, 3.8) is 0 Å². The number of rotatable bonds is 13. The third kappa shape index (κ3) is 9.32. The first kappa shape index (κ1) is 41.8. The Labute approximate surface area is 343 Å². The summed E-state index contributed by atoms with van der Waals surface area (Å²) < 4.78 is 33.8. The molecule has 0 aliphatic carbocycles. The van der Waals surface area contributed by atoms with Gasteiger partial charge in [0, 0.05) is 17.9 Å². The predicted molar refractivity (Wildman–Crippen MR) is 219 cm³/mol. The summed E-state index contributed by atoms with van der Waals surface area (Å²) in [5, 5.41) is 29.5. The van der Waals surface area contributed by atoms with Gasteiger partial charge in [0.1, 0.15) is 42.7 Å². The standard InChI is InChI=1S/C35H30N4O12S6/c1-18-8-9-21-22(12-18)53-32(36(21)10-5-11-57(49,50)51)20(13-19-6-3-2-4-7-19)14-23-29(46)37(15-24(40)41)33(54-23)27-30(47)38(16-25(42)43)34(55-27)28-31(48)39(17-26(44)45)35(52)56-28/h2-4,6-9,12,14H,5,10-11,13,15-17H2,1H3,(H,40,41)(H,42,43)(H,44,45)(H,49,50,51)/b23-14?,32-20?,33-27+,34-28+. The number of carbonyl (C=O) groups is 4. The Morgan fingerprint density at radius 2 is 1.47 bits per heavy atom. The van der Waals surface area contributed by atoms with Crippen molar-refractivity contribution < 1.29 is 47.5 Å². The minimum absolute atomic E-state index is 0.0159. The zero-order valence-electron chi connectivity index (χ0n) is 29.4. The number of thioether (sulfide) groups is 2. The van der Waals surface area contributed by atoms with Crippen molar-refractivity contribution >= 4 is 113 Å². The fourth-order valence-corrected chi connectivity index (χ4v) is 11.6. The van der Waals surface area contributed by atoms with Gasteiger partial charge in [-0.1, -0.05) is 72.1 Å². The van der Waals surface area contributed by atoms with E-state index in [0.717, 1.165) is 47.1 Å². The zero-order chi connectivity index (χ0) is 41.3. The Kier molecular flexibility index (Phi) is 12.4. The van der Waals surface area contributed by atoms with Gasteiger partial charge in [0.25, 0.3) is 27.1 Å². The quantitative estimate of drug-likeness (QED) is 0.111. The van der Waals surface area contributed by atoms with E-state index in [9.17, 15) is 57.1 Å². The lowest BCUT2D eigenvalue weighted by Gasteiger charge is -2.22. The third-order valence-corrected chi connectivity index (χ3v) is 14.4. The number of fused-ring (bicyclic) bond motifs is 1. The molecule has 2 aromatic carbocycles. The molecule has 0 radical (unpaired) electrons. The van der Waals surface area contributed by atoms with Crippen LogP contribution in [0.2, 0.25) is 0 Å². The molecule has 298 valence electrons. The first-order chi connectivity index (χ1) is 26.9. The topological polar surface area (TPSA) is 234 Å². The Hall–Kier alpha value is -4.84. The Morgan fingerprint density at radius 3 is 2.11 bits per heavy atom. The Bertz CT molecular complexity index is 2860. The fourth-order valence-electron chi connectivity index (χ4n) is 5.98. The minimum Gasteiger partial charge on any atom is -0.480 e. The van der Waals surface area contributed by atoms with Crippen LogP contribution in [0.3, 0.4) is 0 Å². The molecule has 0 bridgehead atoms. The number of allylic oxidation sites excluding steroid dienone is 1. The van der Waals surface area contributed by atoms with E-state index in [-0.39, 0.29) is 47.0 Å². The Balaban J connectivity index is 1.65. The van der Waals surface area contributed by atoms with Gasteiger partial charge in [-0.05, 0) is 48.3 Å². The van der Waals surface area contributed by atoms with E-state index >= 15 is 0 Å². The zero-order valence-corrected chi connectivity index (χ0v) is 34.3. The van der Waals surface area contributed by atoms with Crippen LogP contribution in [0.4, 0.5) is 5.69 Å². The van der Waals surface area contributed by atoms with Gasteiger partial charge >= 0.3 is 17.9 Å². The van der Waals surface area contributed by atoms with Crippen LogP contribution in [0.15, 0.2) is 73.6 Å². The van der Waals surface area contributed by atoms with Crippen LogP contribution in [0, 0.1) is 16.1 Å². The maximum atomic E-state index is 14.2. The number of aryl methyl sites for hydroxylation is 1. The highest BCUT2D eigenvalue weighted by atomic mass is 32.2. The van der Waals surface area contributed by atoms with Crippen LogP contribution >= 0.6 is 58.4 Å². The van der Waals surface area contributed by atoms with Crippen LogP contribution in [-0.4, -0.2) is 89.3 Å². The smallest absolute Gasteiger partial charge is 0.323 e. The number of carboxylic acids is 3. The molecule has 0 spiro atoms.